The van der Waals surface area contributed by atoms with Crippen molar-refractivity contribution in [3.8, 4) is 17.2 Å². The lowest BCUT2D eigenvalue weighted by Gasteiger charge is -2.26. The maximum atomic E-state index is 12.6. The Hall–Kier alpha value is -2.41. The van der Waals surface area contributed by atoms with Crippen molar-refractivity contribution in [2.24, 2.45) is 0 Å². The van der Waals surface area contributed by atoms with Crippen LogP contribution in [0.5, 0.6) is 17.2 Å². The fourth-order valence-electron chi connectivity index (χ4n) is 2.90. The fourth-order valence-corrected chi connectivity index (χ4v) is 2.90. The molecule has 2 heterocycles. The van der Waals surface area contributed by atoms with E-state index in [1.807, 2.05) is 11.0 Å². The maximum absolute atomic E-state index is 12.6. The number of nitrogens with one attached hydrogen (secondary N) is 2. The van der Waals surface area contributed by atoms with Crippen LogP contribution in [0, 0.1) is 0 Å². The highest BCUT2D eigenvalue weighted by Crippen LogP contribution is 2.43. The van der Waals surface area contributed by atoms with Crippen molar-refractivity contribution in [2.75, 3.05) is 47.5 Å². The van der Waals surface area contributed by atoms with Crippen LogP contribution in [-0.4, -0.2) is 63.3 Å². The number of hydrogen-bond donors (Lipinski definition) is 2. The number of carbonyl (C=O) groups excluding carboxylic acids is 1. The van der Waals surface area contributed by atoms with Gasteiger partial charge in [-0.1, -0.05) is 0 Å². The lowest BCUT2D eigenvalue weighted by Crippen LogP contribution is -2.46. The van der Waals surface area contributed by atoms with Crippen molar-refractivity contribution in [1.82, 2.24) is 15.2 Å². The number of piperazine rings is 1. The Morgan fingerprint density at radius 2 is 1.74 bits per heavy atom. The SMILES string of the molecule is COc1cc2[nH]c(C(=O)N3CCNCC3)cc2c(OC)c1OC. The molecule has 3 rings (SSSR count). The molecular formula is C16H21N3O4. The van der Waals surface area contributed by atoms with Gasteiger partial charge in [-0.3, -0.25) is 4.79 Å². The largest absolute Gasteiger partial charge is 0.493 e. The lowest BCUT2D eigenvalue weighted by molar-refractivity contribution is 0.0731. The van der Waals surface area contributed by atoms with Gasteiger partial charge in [0.05, 0.1) is 26.8 Å². The monoisotopic (exact) mass is 319 g/mol. The molecule has 1 amide bonds. The van der Waals surface area contributed by atoms with Gasteiger partial charge in [-0.15, -0.1) is 0 Å². The number of aromatic nitrogens is 1. The number of carbonyl (C=O) groups is 1. The molecule has 1 saturated heterocycles. The molecule has 0 bridgehead atoms. The van der Waals surface area contributed by atoms with Crippen molar-refractivity contribution in [3.63, 3.8) is 0 Å². The van der Waals surface area contributed by atoms with Crippen LogP contribution in [-0.2, 0) is 0 Å². The van der Waals surface area contributed by atoms with E-state index in [1.165, 1.54) is 0 Å². The van der Waals surface area contributed by atoms with E-state index in [9.17, 15) is 4.79 Å². The molecular weight excluding hydrogens is 298 g/mol. The van der Waals surface area contributed by atoms with E-state index in [4.69, 9.17) is 14.2 Å². The Balaban J connectivity index is 2.05. The molecule has 2 N–H and O–H groups in total. The number of aromatic amines is 1. The number of benzene rings is 1. The highest BCUT2D eigenvalue weighted by molar-refractivity contribution is 6.01. The highest BCUT2D eigenvalue weighted by atomic mass is 16.5. The van der Waals surface area contributed by atoms with Crippen LogP contribution in [0.1, 0.15) is 10.5 Å². The average Bonchev–Trinajstić information content (AvgIpc) is 3.03. The van der Waals surface area contributed by atoms with E-state index in [0.717, 1.165) is 24.0 Å². The summed E-state index contributed by atoms with van der Waals surface area (Å²) in [5.74, 6) is 1.61. The zero-order valence-electron chi connectivity index (χ0n) is 13.6. The minimum absolute atomic E-state index is 0.0114. The number of nitrogens with zero attached hydrogens (tertiary/aromatic N) is 1. The van der Waals surface area contributed by atoms with E-state index >= 15 is 0 Å². The number of H-pyrrole nitrogens is 1. The van der Waals surface area contributed by atoms with Gasteiger partial charge in [-0.2, -0.15) is 0 Å². The standard InChI is InChI=1S/C16H21N3O4/c1-21-13-9-11-10(14(22-2)15(13)23-3)8-12(18-11)16(20)19-6-4-17-5-7-19/h8-9,17-18H,4-7H2,1-3H3. The Morgan fingerprint density at radius 3 is 2.35 bits per heavy atom. The van der Waals surface area contributed by atoms with Crippen LogP contribution >= 0.6 is 0 Å². The second kappa shape index (κ2) is 6.37. The van der Waals surface area contributed by atoms with E-state index in [-0.39, 0.29) is 5.91 Å². The number of methoxy groups -OCH3 is 3. The molecule has 0 aliphatic carbocycles. The molecule has 7 heteroatoms. The van der Waals surface area contributed by atoms with Crippen LogP contribution in [0.4, 0.5) is 0 Å². The Morgan fingerprint density at radius 1 is 1.04 bits per heavy atom. The summed E-state index contributed by atoms with van der Waals surface area (Å²) in [6.45, 7) is 3.05. The van der Waals surface area contributed by atoms with Crippen molar-refractivity contribution in [1.29, 1.82) is 0 Å². The van der Waals surface area contributed by atoms with Crippen LogP contribution in [0.3, 0.4) is 0 Å². The van der Waals surface area contributed by atoms with Crippen molar-refractivity contribution in [3.05, 3.63) is 17.8 Å². The fraction of sp³-hybridized carbons (Fsp3) is 0.438. The second-order valence-electron chi connectivity index (χ2n) is 5.33. The quantitative estimate of drug-likeness (QED) is 0.887. The van der Waals surface area contributed by atoms with Crippen LogP contribution in [0.25, 0.3) is 10.9 Å². The molecule has 0 atom stereocenters. The summed E-state index contributed by atoms with van der Waals surface area (Å²) in [6.07, 6.45) is 0. The second-order valence-corrected chi connectivity index (χ2v) is 5.33. The van der Waals surface area contributed by atoms with Gasteiger partial charge < -0.3 is 29.4 Å². The zero-order valence-corrected chi connectivity index (χ0v) is 13.6. The molecule has 1 aliphatic rings. The smallest absolute Gasteiger partial charge is 0.270 e. The molecule has 124 valence electrons. The Bertz CT molecular complexity index is 720. The molecule has 1 aliphatic heterocycles. The van der Waals surface area contributed by atoms with Crippen LogP contribution in [0.2, 0.25) is 0 Å². The number of rotatable bonds is 4. The van der Waals surface area contributed by atoms with Gasteiger partial charge in [0.25, 0.3) is 5.91 Å². The number of ether oxygens (including phenoxy) is 3. The normalized spacial score (nSPS) is 14.8. The van der Waals surface area contributed by atoms with Gasteiger partial charge in [0.15, 0.2) is 11.5 Å². The third-order valence-corrected chi connectivity index (χ3v) is 4.06. The van der Waals surface area contributed by atoms with E-state index < -0.39 is 0 Å². The average molecular weight is 319 g/mol. The van der Waals surface area contributed by atoms with Crippen LogP contribution < -0.4 is 19.5 Å². The summed E-state index contributed by atoms with van der Waals surface area (Å²) >= 11 is 0. The highest BCUT2D eigenvalue weighted by Gasteiger charge is 2.23. The summed E-state index contributed by atoms with van der Waals surface area (Å²) in [7, 11) is 4.70. The summed E-state index contributed by atoms with van der Waals surface area (Å²) in [5, 5.41) is 4.03. The predicted molar refractivity (Wildman–Crippen MR) is 86.7 cm³/mol. The summed E-state index contributed by atoms with van der Waals surface area (Å²) in [6, 6.07) is 3.62. The van der Waals surface area contributed by atoms with Gasteiger partial charge in [0.2, 0.25) is 5.75 Å². The summed E-state index contributed by atoms with van der Waals surface area (Å²) in [4.78, 5) is 17.6. The topological polar surface area (TPSA) is 75.8 Å². The molecule has 1 aromatic heterocycles. The predicted octanol–water partition coefficient (Wildman–Crippen LogP) is 1.24. The molecule has 0 unspecified atom stereocenters. The molecule has 1 fully saturated rings. The first-order valence-corrected chi connectivity index (χ1v) is 7.51. The molecule has 0 radical (unpaired) electrons. The maximum Gasteiger partial charge on any atom is 0.270 e. The number of fused-ring (bicyclic) bond motifs is 1. The van der Waals surface area contributed by atoms with Gasteiger partial charge >= 0.3 is 0 Å². The van der Waals surface area contributed by atoms with Gasteiger partial charge in [-0.05, 0) is 6.07 Å². The molecule has 0 saturated carbocycles. The van der Waals surface area contributed by atoms with Crippen molar-refractivity contribution in [2.45, 2.75) is 0 Å². The van der Waals surface area contributed by atoms with Gasteiger partial charge in [-0.25, -0.2) is 0 Å². The molecule has 7 nitrogen and oxygen atoms in total. The van der Waals surface area contributed by atoms with Crippen molar-refractivity contribution < 1.29 is 19.0 Å². The zero-order chi connectivity index (χ0) is 16.4. The van der Waals surface area contributed by atoms with Crippen LogP contribution in [0.15, 0.2) is 12.1 Å². The third-order valence-electron chi connectivity index (χ3n) is 4.06. The van der Waals surface area contributed by atoms with E-state index in [1.54, 1.807) is 27.4 Å². The first-order chi connectivity index (χ1) is 11.2. The summed E-state index contributed by atoms with van der Waals surface area (Å²) in [5.41, 5.74) is 1.31. The summed E-state index contributed by atoms with van der Waals surface area (Å²) < 4.78 is 16.2. The lowest BCUT2D eigenvalue weighted by atomic mass is 10.2. The molecule has 2 aromatic rings. The molecule has 0 spiro atoms. The van der Waals surface area contributed by atoms with Gasteiger partial charge in [0.1, 0.15) is 5.69 Å². The van der Waals surface area contributed by atoms with E-state index in [2.05, 4.69) is 10.3 Å². The van der Waals surface area contributed by atoms with Gasteiger partial charge in [0, 0.05) is 37.6 Å². The van der Waals surface area contributed by atoms with Crippen molar-refractivity contribution >= 4 is 16.8 Å². The first kappa shape index (κ1) is 15.5. The minimum atomic E-state index is -0.0114. The molecule has 23 heavy (non-hydrogen) atoms. The Kier molecular flexibility index (Phi) is 4.29. The number of amides is 1. The Labute approximate surface area is 134 Å². The minimum Gasteiger partial charge on any atom is -0.493 e. The third kappa shape index (κ3) is 2.68. The first-order valence-electron chi connectivity index (χ1n) is 7.51. The molecule has 1 aromatic carbocycles. The number of hydrogen-bond acceptors (Lipinski definition) is 5. The van der Waals surface area contributed by atoms with E-state index in [0.29, 0.717) is 36.0 Å².